The molecule has 20 aliphatic rings. The number of aromatic amines is 4. The van der Waals surface area contributed by atoms with Crippen LogP contribution in [0.2, 0.25) is 0 Å². The van der Waals surface area contributed by atoms with Crippen LogP contribution < -0.4 is 0 Å². The van der Waals surface area contributed by atoms with Crippen molar-refractivity contribution in [3.63, 3.8) is 0 Å². The van der Waals surface area contributed by atoms with Crippen LogP contribution in [-0.2, 0) is 93.9 Å². The van der Waals surface area contributed by atoms with Gasteiger partial charge in [0.25, 0.3) is 5.97 Å². The number of H-pyrrole nitrogens is 4. The van der Waals surface area contributed by atoms with Crippen molar-refractivity contribution in [2.45, 2.75) is 356 Å². The third-order valence-corrected chi connectivity index (χ3v) is 39.4. The van der Waals surface area contributed by atoms with E-state index in [-0.39, 0.29) is 98.1 Å². The zero-order valence-corrected chi connectivity index (χ0v) is 78.1. The SMILES string of the molecule is CC(=O)O.CC1(C)C2=C(C[C@H]1O)[C@@H]1[C@@H](O)[C@H](O)[C@H]3Cc4[nH]ncc4C[C@]3(C)[C@H]1CC2.CC1(C)O[C@H]2[C@H](O1)[C@H]1Cc3[nH]ncc3C[C@]1(C)[C@H]1CC[C@@]3(C)[C@@H](CC[C@]3(C)O)[C@H]21.CC1(C)O[C@H]2[C@H](O1)[C@H]1Cc3[nH]ncc3C[C@]1(C)[C@H]1CC[C@@]3(C)[C@@H](C[C@H]4O[C@]43C)[C@H]21.CC1=CC[C@H]2[C@@H]3[C@H]4OC(C)(C)O[C@@H]4[C@H]4Cc5[nH]ncc5C[C@]4(C)[C@H]3CC[C@]12C.O=P(Cl)(Cl)Cl. The number of nitrogens with zero attached hydrogens (tertiary/aromatic N) is 4. The summed E-state index contributed by atoms with van der Waals surface area (Å²) in [6, 6.07) is 0. The maximum Gasteiger partial charge on any atom is 0.339 e. The van der Waals surface area contributed by atoms with Crippen molar-refractivity contribution in [1.82, 2.24) is 40.8 Å². The molecule has 22 nitrogen and oxygen atoms in total. The zero-order valence-electron chi connectivity index (χ0n) is 75.0. The van der Waals surface area contributed by atoms with E-state index >= 15 is 0 Å². The Morgan fingerprint density at radius 3 is 1.27 bits per heavy atom. The van der Waals surface area contributed by atoms with Gasteiger partial charge in [-0.3, -0.25) is 29.8 Å². The Bertz CT molecular complexity index is 4680. The van der Waals surface area contributed by atoms with Crippen molar-refractivity contribution in [2.75, 3.05) is 0 Å². The van der Waals surface area contributed by atoms with Gasteiger partial charge in [-0.2, -0.15) is 20.4 Å². The van der Waals surface area contributed by atoms with Crippen LogP contribution in [0.25, 0.3) is 0 Å². The Labute approximate surface area is 730 Å². The number of allylic oxidation sites excluding steroid dienone is 2. The molecule has 26 heteroatoms. The first-order chi connectivity index (χ1) is 56.4. The number of halogens is 3. The molecule has 0 unspecified atom stereocenters. The topological polar surface area (TPSA) is 318 Å². The average Bonchev–Trinajstić information content (AvgIpc) is 1.53. The molecular formula is C95H138Cl3N8O14P. The molecule has 0 bridgehead atoms. The summed E-state index contributed by atoms with van der Waals surface area (Å²) in [4.78, 5) is 9.00. The van der Waals surface area contributed by atoms with Crippen LogP contribution in [-0.4, -0.2) is 162 Å². The summed E-state index contributed by atoms with van der Waals surface area (Å²) in [5.74, 6) is 4.99. The van der Waals surface area contributed by atoms with Gasteiger partial charge in [-0.05, 0) is 368 Å². The second-order valence-corrected chi connectivity index (χ2v) is 52.9. The molecule has 9 saturated carbocycles. The van der Waals surface area contributed by atoms with Gasteiger partial charge in [-0.15, -0.1) is 0 Å². The number of fused-ring (bicyclic) bond motifs is 34. The Kier molecular flexibility index (Phi) is 20.6. The summed E-state index contributed by atoms with van der Waals surface area (Å²) in [6.07, 6.45) is 33.0. The van der Waals surface area contributed by atoms with Gasteiger partial charge in [-0.1, -0.05) is 85.1 Å². The summed E-state index contributed by atoms with van der Waals surface area (Å²) in [7, 11) is 0. The molecule has 34 atom stereocenters. The van der Waals surface area contributed by atoms with E-state index in [9.17, 15) is 25.0 Å². The molecule has 0 spiro atoms. The number of aromatic nitrogens is 8. The number of carbonyl (C=O) groups is 1. The highest BCUT2D eigenvalue weighted by Gasteiger charge is 2.79. The first kappa shape index (κ1) is 86.8. The maximum atomic E-state index is 11.3. The van der Waals surface area contributed by atoms with E-state index in [1.807, 2.05) is 12.4 Å². The summed E-state index contributed by atoms with van der Waals surface area (Å²) in [6.45, 7) is 42.1. The van der Waals surface area contributed by atoms with Gasteiger partial charge in [-0.25, -0.2) is 0 Å². The quantitative estimate of drug-likeness (QED) is 0.0449. The van der Waals surface area contributed by atoms with Crippen LogP contribution in [0.4, 0.5) is 0 Å². The monoisotopic (exact) mass is 1750 g/mol. The maximum absolute atomic E-state index is 11.3. The van der Waals surface area contributed by atoms with E-state index in [0.29, 0.717) is 94.9 Å². The number of hydrogen-bond donors (Lipinski definition) is 9. The number of epoxide rings is 1. The summed E-state index contributed by atoms with van der Waals surface area (Å²) in [5, 5.41) is 78.6. The highest BCUT2D eigenvalue weighted by molar-refractivity contribution is 8.24. The molecule has 4 aromatic rings. The third kappa shape index (κ3) is 13.2. The average molecular weight is 1750 g/mol. The minimum atomic E-state index is -3.22. The molecule has 13 fully saturated rings. The van der Waals surface area contributed by atoms with Crippen LogP contribution in [0.3, 0.4) is 0 Å². The predicted octanol–water partition coefficient (Wildman–Crippen LogP) is 17.3. The number of aliphatic hydroxyl groups excluding tert-OH is 3. The fraction of sp³-hybridized carbons (Fsp3) is 0.821. The normalized spacial score (nSPS) is 49.6. The van der Waals surface area contributed by atoms with Crippen LogP contribution in [0.1, 0.15) is 260 Å². The van der Waals surface area contributed by atoms with Crippen molar-refractivity contribution >= 4 is 44.9 Å². The number of rotatable bonds is 0. The van der Waals surface area contributed by atoms with Gasteiger partial charge in [0.15, 0.2) is 17.4 Å². The molecule has 9 N–H and O–H groups in total. The fourth-order valence-electron chi connectivity index (χ4n) is 32.9. The number of hydrogen-bond acceptors (Lipinski definition) is 17. The highest BCUT2D eigenvalue weighted by atomic mass is 36.0. The van der Waals surface area contributed by atoms with Gasteiger partial charge in [0.1, 0.15) is 0 Å². The van der Waals surface area contributed by atoms with Gasteiger partial charge in [0.05, 0.1) is 97.0 Å². The van der Waals surface area contributed by atoms with E-state index in [1.54, 1.807) is 5.57 Å². The molecule has 24 rings (SSSR count). The third-order valence-electron chi connectivity index (χ3n) is 39.4. The second kappa shape index (κ2) is 28.7. The van der Waals surface area contributed by atoms with Crippen molar-refractivity contribution in [2.24, 2.45) is 132 Å². The molecule has 121 heavy (non-hydrogen) atoms. The van der Waals surface area contributed by atoms with E-state index in [4.69, 9.17) is 43.1 Å². The number of ether oxygens (including phenoxy) is 7. The van der Waals surface area contributed by atoms with E-state index in [0.717, 1.165) is 96.1 Å². The Hall–Kier alpha value is -3.55. The lowest BCUT2D eigenvalue weighted by Crippen LogP contribution is -2.64. The van der Waals surface area contributed by atoms with Crippen LogP contribution in [0, 0.1) is 132 Å². The van der Waals surface area contributed by atoms with Crippen LogP contribution >= 0.6 is 38.9 Å². The summed E-state index contributed by atoms with van der Waals surface area (Å²) >= 11 is 13.8. The largest absolute Gasteiger partial charge is 0.481 e. The van der Waals surface area contributed by atoms with Crippen molar-refractivity contribution in [3.05, 3.63) is 92.6 Å². The van der Waals surface area contributed by atoms with Gasteiger partial charge in [0.2, 0.25) is 0 Å². The molecule has 8 heterocycles. The van der Waals surface area contributed by atoms with Crippen LogP contribution in [0.15, 0.2) is 47.6 Å². The molecule has 4 aromatic heterocycles. The summed E-state index contributed by atoms with van der Waals surface area (Å²) in [5.41, 5.74) is 15.3. The molecular weight excluding hydrogens is 1610 g/mol. The standard InChI is InChI=1S/C24H34N2O3.C24H36N2O3.C24H34N2O2.C21H30N2O3.C2H4O2.Cl3OP/c1-21(2)28-19-15-8-16-12(11-25-26-16)10-22(15,3)13-6-7-23(4)14(18(13)20(19)29-21)9-17-24(23,5)27-17;1-21(2)28-19-16-10-17-13(12-25-26-17)11-22(16,3)14-6-8-23(4)15(7-9-24(23,5)27)18(14)20(19)29-21;1-13-6-7-15-19-16(8-9-23(13,15)4)24(5)11-14-12-25-26-18(14)10-17(24)20-21(19)28-22(2,3)27-20;1-20(2)12-4-5-13-17(11(12)6-16(20)24)19(26)18(25)14-7-15-10(9-22-23-15)8-21(13,14)3;1-2(3)4;1-5(2,3)4/h11,13-15,17-20H,6-10H2,1-5H3,(H,25,26);12,14-16,18-20,27H,6-11H2,1-5H3,(H,25,26);6,12,15-17,19-21H,7-11H2,1-5H3,(H,25,26);9,13-14,16-19,24-26H,4-8H2,1-3H3,(H,22,23);1H3,(H,3,4);/t13-,14-,15+,17+,18+,19+,20+,22+,23-,24+;14-,15-,16+,18+,19+,20+,22+,23-,24-;15-,16-,17+,19-,20+,21+,23+,24+;13-,14+,16+,17-,18+,19+,21+;;/m0000../s1. The molecule has 4 saturated heterocycles. The van der Waals surface area contributed by atoms with E-state index in [1.165, 1.54) is 95.4 Å². The Balaban J connectivity index is 0.000000103. The van der Waals surface area contributed by atoms with Crippen molar-refractivity contribution in [3.8, 4) is 0 Å². The number of aliphatic carboxylic acids is 1. The zero-order chi connectivity index (χ0) is 86.4. The lowest BCUT2D eigenvalue weighted by atomic mass is 9.43. The smallest absolute Gasteiger partial charge is 0.339 e. The molecule has 0 aromatic carbocycles. The van der Waals surface area contributed by atoms with E-state index < -0.39 is 46.3 Å². The minimum absolute atomic E-state index is 0.0204. The van der Waals surface area contributed by atoms with Crippen LogP contribution in [0.5, 0.6) is 0 Å². The van der Waals surface area contributed by atoms with E-state index in [2.05, 4.69) is 218 Å². The molecule has 0 radical (unpaired) electrons. The summed E-state index contributed by atoms with van der Waals surface area (Å²) < 4.78 is 55.8. The Morgan fingerprint density at radius 2 is 0.835 bits per heavy atom. The fourth-order valence-corrected chi connectivity index (χ4v) is 32.9. The number of nitrogens with one attached hydrogen (secondary N) is 4. The molecule has 16 aliphatic carbocycles. The van der Waals surface area contributed by atoms with Gasteiger partial charge in [0, 0.05) is 46.4 Å². The lowest BCUT2D eigenvalue weighted by Gasteiger charge is -2.63. The molecule has 4 aliphatic heterocycles. The van der Waals surface area contributed by atoms with Gasteiger partial charge < -0.3 is 58.7 Å². The second-order valence-electron chi connectivity index (χ2n) is 46.3. The highest BCUT2D eigenvalue weighted by Crippen LogP contribution is 2.77. The predicted molar refractivity (Wildman–Crippen MR) is 460 cm³/mol. The number of carboxylic acids is 1. The van der Waals surface area contributed by atoms with Crippen molar-refractivity contribution in [1.29, 1.82) is 0 Å². The molecule has 0 amide bonds. The van der Waals surface area contributed by atoms with Gasteiger partial charge >= 0.3 is 5.20 Å². The minimum Gasteiger partial charge on any atom is -0.481 e. The number of aliphatic hydroxyl groups is 4. The lowest BCUT2D eigenvalue weighted by molar-refractivity contribution is -0.188. The Morgan fingerprint density at radius 1 is 0.463 bits per heavy atom. The molecule has 668 valence electrons. The number of carboxylic acid groups (broad SMARTS) is 1. The first-order valence-corrected chi connectivity index (χ1v) is 50.7. The first-order valence-electron chi connectivity index (χ1n) is 46.3. The van der Waals surface area contributed by atoms with Crippen molar-refractivity contribution < 1.29 is 68.1 Å².